The zero-order chi connectivity index (χ0) is 10.5. The van der Waals surface area contributed by atoms with Crippen LogP contribution in [0, 0.1) is 0 Å². The summed E-state index contributed by atoms with van der Waals surface area (Å²) in [6.45, 7) is 9.12. The van der Waals surface area contributed by atoms with Gasteiger partial charge in [-0.15, -0.1) is 0 Å². The Hall–Kier alpha value is -0.120. The van der Waals surface area contributed by atoms with Crippen molar-refractivity contribution >= 4 is 0 Å². The van der Waals surface area contributed by atoms with Gasteiger partial charge in [-0.2, -0.15) is 0 Å². The lowest BCUT2D eigenvalue weighted by Gasteiger charge is -2.27. The Labute approximate surface area is 81.8 Å². The molecule has 0 aliphatic rings. The van der Waals surface area contributed by atoms with E-state index in [1.807, 2.05) is 0 Å². The smallest absolute Gasteiger partial charge is 0.0746 e. The minimum atomic E-state index is -0.109. The quantitative estimate of drug-likeness (QED) is 0.685. The van der Waals surface area contributed by atoms with Crippen molar-refractivity contribution < 1.29 is 9.47 Å². The van der Waals surface area contributed by atoms with E-state index in [2.05, 4.69) is 33.0 Å². The molecule has 0 spiro atoms. The highest BCUT2D eigenvalue weighted by molar-refractivity contribution is 4.76. The van der Waals surface area contributed by atoms with Crippen LogP contribution in [0.1, 0.15) is 27.7 Å². The van der Waals surface area contributed by atoms with Crippen LogP contribution in [0.4, 0.5) is 0 Å². The van der Waals surface area contributed by atoms with Crippen LogP contribution >= 0.6 is 0 Å². The van der Waals surface area contributed by atoms with Crippen LogP contribution in [0.25, 0.3) is 0 Å². The van der Waals surface area contributed by atoms with E-state index in [4.69, 9.17) is 9.47 Å². The average Bonchev–Trinajstić information content (AvgIpc) is 2.13. The third-order valence-corrected chi connectivity index (χ3v) is 2.48. The summed E-state index contributed by atoms with van der Waals surface area (Å²) >= 11 is 0. The zero-order valence-corrected chi connectivity index (χ0v) is 9.68. The molecular formula is C10H23NO2. The predicted octanol–water partition coefficient (Wildman–Crippen LogP) is 1.42. The first-order valence-corrected chi connectivity index (χ1v) is 4.74. The number of nitrogens with one attached hydrogen (secondary N) is 1. The highest BCUT2D eigenvalue weighted by Gasteiger charge is 2.18. The maximum absolute atomic E-state index is 5.30. The van der Waals surface area contributed by atoms with Crippen LogP contribution in [0.3, 0.4) is 0 Å². The van der Waals surface area contributed by atoms with Crippen LogP contribution in [0.2, 0.25) is 0 Å². The molecule has 13 heavy (non-hydrogen) atoms. The topological polar surface area (TPSA) is 30.5 Å². The molecular weight excluding hydrogens is 166 g/mol. The maximum Gasteiger partial charge on any atom is 0.0746 e. The Morgan fingerprint density at radius 3 is 2.15 bits per heavy atom. The minimum absolute atomic E-state index is 0.109. The van der Waals surface area contributed by atoms with Crippen LogP contribution in [0.5, 0.6) is 0 Å². The average molecular weight is 189 g/mol. The van der Waals surface area contributed by atoms with Crippen LogP contribution < -0.4 is 5.32 Å². The van der Waals surface area contributed by atoms with Crippen molar-refractivity contribution in [1.82, 2.24) is 5.32 Å². The highest BCUT2D eigenvalue weighted by Crippen LogP contribution is 2.06. The van der Waals surface area contributed by atoms with E-state index in [-0.39, 0.29) is 11.7 Å². The number of hydrogen-bond acceptors (Lipinski definition) is 3. The van der Waals surface area contributed by atoms with E-state index in [1.54, 1.807) is 14.2 Å². The fraction of sp³-hybridized carbons (Fsp3) is 1.00. The molecule has 0 aliphatic heterocycles. The fourth-order valence-corrected chi connectivity index (χ4v) is 0.849. The van der Waals surface area contributed by atoms with Crippen LogP contribution in [0.15, 0.2) is 0 Å². The Morgan fingerprint density at radius 1 is 1.23 bits per heavy atom. The van der Waals surface area contributed by atoms with Gasteiger partial charge in [0.25, 0.3) is 0 Å². The van der Waals surface area contributed by atoms with Gasteiger partial charge in [0, 0.05) is 26.8 Å². The summed E-state index contributed by atoms with van der Waals surface area (Å²) in [5, 5.41) is 3.37. The van der Waals surface area contributed by atoms with Crippen molar-refractivity contribution in [3.8, 4) is 0 Å². The van der Waals surface area contributed by atoms with Crippen LogP contribution in [-0.4, -0.2) is 38.5 Å². The first-order valence-electron chi connectivity index (χ1n) is 4.74. The Balaban J connectivity index is 3.75. The third-order valence-electron chi connectivity index (χ3n) is 2.48. The second-order valence-electron chi connectivity index (χ2n) is 4.07. The second kappa shape index (κ2) is 5.58. The van der Waals surface area contributed by atoms with Crippen molar-refractivity contribution in [1.29, 1.82) is 0 Å². The van der Waals surface area contributed by atoms with Gasteiger partial charge in [0.2, 0.25) is 0 Å². The second-order valence-corrected chi connectivity index (χ2v) is 4.07. The summed E-state index contributed by atoms with van der Waals surface area (Å²) < 4.78 is 10.5. The Kier molecular flexibility index (Phi) is 5.53. The summed E-state index contributed by atoms with van der Waals surface area (Å²) in [5.41, 5.74) is -0.109. The lowest BCUT2D eigenvalue weighted by atomic mass is 10.1. The summed E-state index contributed by atoms with van der Waals surface area (Å²) in [6, 6.07) is 0.347. The molecule has 3 heteroatoms. The minimum Gasteiger partial charge on any atom is -0.380 e. The number of hydrogen-bond donors (Lipinski definition) is 1. The molecule has 1 N–H and O–H groups in total. The van der Waals surface area contributed by atoms with E-state index in [0.29, 0.717) is 6.04 Å². The molecule has 0 aromatic rings. The normalized spacial score (nSPS) is 17.1. The molecule has 0 aliphatic carbocycles. The van der Waals surface area contributed by atoms with Gasteiger partial charge in [-0.05, 0) is 27.7 Å². The van der Waals surface area contributed by atoms with Gasteiger partial charge in [-0.3, -0.25) is 0 Å². The van der Waals surface area contributed by atoms with Crippen LogP contribution in [-0.2, 0) is 9.47 Å². The summed E-state index contributed by atoms with van der Waals surface area (Å²) in [6.07, 6.45) is 0.229. The molecule has 0 aromatic carbocycles. The lowest BCUT2D eigenvalue weighted by Crippen LogP contribution is -2.45. The molecule has 80 valence electrons. The van der Waals surface area contributed by atoms with Crippen molar-refractivity contribution in [3.05, 3.63) is 0 Å². The van der Waals surface area contributed by atoms with E-state index in [1.165, 1.54) is 0 Å². The van der Waals surface area contributed by atoms with Gasteiger partial charge in [-0.1, -0.05) is 0 Å². The lowest BCUT2D eigenvalue weighted by molar-refractivity contribution is 0.0136. The molecule has 0 saturated carbocycles. The summed E-state index contributed by atoms with van der Waals surface area (Å²) in [4.78, 5) is 0. The first kappa shape index (κ1) is 12.9. The van der Waals surface area contributed by atoms with Gasteiger partial charge in [0.05, 0.1) is 11.7 Å². The van der Waals surface area contributed by atoms with Gasteiger partial charge in [0.15, 0.2) is 0 Å². The Morgan fingerprint density at radius 2 is 1.77 bits per heavy atom. The molecule has 2 unspecified atom stereocenters. The predicted molar refractivity (Wildman–Crippen MR) is 55.0 cm³/mol. The maximum atomic E-state index is 5.30. The van der Waals surface area contributed by atoms with Crippen molar-refractivity contribution in [3.63, 3.8) is 0 Å². The molecule has 0 heterocycles. The molecule has 2 atom stereocenters. The first-order chi connectivity index (χ1) is 5.93. The largest absolute Gasteiger partial charge is 0.380 e. The van der Waals surface area contributed by atoms with E-state index >= 15 is 0 Å². The molecule has 0 fully saturated rings. The number of ether oxygens (including phenoxy) is 2. The zero-order valence-electron chi connectivity index (χ0n) is 9.68. The standard InChI is InChI=1S/C10H23NO2/c1-8(9(2)12-5)11-7-10(3,4)13-6/h8-9,11H,7H2,1-6H3. The summed E-state index contributed by atoms with van der Waals surface area (Å²) in [7, 11) is 3.45. The SMILES string of the molecule is COC(C)C(C)NCC(C)(C)OC. The van der Waals surface area contributed by atoms with Gasteiger partial charge in [-0.25, -0.2) is 0 Å². The van der Waals surface area contributed by atoms with Gasteiger partial charge < -0.3 is 14.8 Å². The number of rotatable bonds is 6. The van der Waals surface area contributed by atoms with E-state index in [9.17, 15) is 0 Å². The molecule has 3 nitrogen and oxygen atoms in total. The Bertz CT molecular complexity index is 137. The monoisotopic (exact) mass is 189 g/mol. The fourth-order valence-electron chi connectivity index (χ4n) is 0.849. The van der Waals surface area contributed by atoms with Crippen molar-refractivity contribution in [2.75, 3.05) is 20.8 Å². The number of methoxy groups -OCH3 is 2. The molecule has 0 bridgehead atoms. The molecule has 0 aromatic heterocycles. The van der Waals surface area contributed by atoms with E-state index in [0.717, 1.165) is 6.54 Å². The molecule has 0 saturated heterocycles. The van der Waals surface area contributed by atoms with Crippen molar-refractivity contribution in [2.24, 2.45) is 0 Å². The molecule has 0 radical (unpaired) electrons. The van der Waals surface area contributed by atoms with E-state index < -0.39 is 0 Å². The highest BCUT2D eigenvalue weighted by atomic mass is 16.5. The van der Waals surface area contributed by atoms with Gasteiger partial charge in [0.1, 0.15) is 0 Å². The molecule has 0 rings (SSSR count). The van der Waals surface area contributed by atoms with Crippen molar-refractivity contribution in [2.45, 2.75) is 45.4 Å². The summed E-state index contributed by atoms with van der Waals surface area (Å²) in [5.74, 6) is 0. The molecule has 0 amide bonds. The third kappa shape index (κ3) is 5.24. The van der Waals surface area contributed by atoms with Gasteiger partial charge >= 0.3 is 0 Å².